The maximum absolute atomic E-state index is 12.8. The molecule has 1 aromatic carbocycles. The van der Waals surface area contributed by atoms with E-state index >= 15 is 0 Å². The molecule has 3 aromatic rings. The molecule has 0 bridgehead atoms. The zero-order valence-corrected chi connectivity index (χ0v) is 14.5. The first-order chi connectivity index (χ1) is 12.7. The summed E-state index contributed by atoms with van der Waals surface area (Å²) < 4.78 is 14.7. The van der Waals surface area contributed by atoms with Crippen molar-refractivity contribution in [1.82, 2.24) is 18.7 Å². The Labute approximate surface area is 149 Å². The lowest BCUT2D eigenvalue weighted by Gasteiger charge is -2.21. The molecule has 0 amide bonds. The van der Waals surface area contributed by atoms with Crippen molar-refractivity contribution >= 4 is 5.65 Å². The number of nitrogens with zero attached hydrogens (tertiary/aromatic N) is 4. The van der Waals surface area contributed by atoms with Gasteiger partial charge in [-0.25, -0.2) is 13.9 Å². The van der Waals surface area contributed by atoms with Gasteiger partial charge in [-0.1, -0.05) is 0 Å². The molecule has 0 N–H and O–H groups in total. The van der Waals surface area contributed by atoms with E-state index in [0.717, 1.165) is 19.4 Å². The van der Waals surface area contributed by atoms with Crippen molar-refractivity contribution in [2.24, 2.45) is 5.92 Å². The molecule has 8 heteroatoms. The molecule has 2 aromatic heterocycles. The summed E-state index contributed by atoms with van der Waals surface area (Å²) in [4.78, 5) is 25.4. The van der Waals surface area contributed by atoms with Crippen molar-refractivity contribution in [2.75, 3.05) is 20.3 Å². The van der Waals surface area contributed by atoms with Crippen LogP contribution in [0.3, 0.4) is 0 Å². The smallest absolute Gasteiger partial charge is 0.350 e. The van der Waals surface area contributed by atoms with Gasteiger partial charge in [-0.05, 0) is 37.1 Å². The third kappa shape index (κ3) is 2.92. The minimum Gasteiger partial charge on any atom is -0.497 e. The molecule has 1 atom stereocenters. The molecule has 136 valence electrons. The van der Waals surface area contributed by atoms with Crippen molar-refractivity contribution in [3.8, 4) is 11.4 Å². The van der Waals surface area contributed by atoms with E-state index in [0.29, 0.717) is 24.6 Å². The number of hydrogen-bond acceptors (Lipinski definition) is 5. The van der Waals surface area contributed by atoms with Crippen LogP contribution in [0.4, 0.5) is 0 Å². The summed E-state index contributed by atoms with van der Waals surface area (Å²) in [6.07, 6.45) is 5.13. The molecule has 0 spiro atoms. The zero-order valence-electron chi connectivity index (χ0n) is 14.5. The standard InChI is InChI=1S/C18H20N4O4/c1-25-15-6-4-14(5-7-15)20-8-9-21-16(17(20)23)19-22(18(21)24)11-13-3-2-10-26-12-13/h4-9,13H,2-3,10-12H2,1H3. The second-order valence-corrected chi connectivity index (χ2v) is 6.41. The van der Waals surface area contributed by atoms with Crippen LogP contribution in [-0.2, 0) is 11.3 Å². The largest absolute Gasteiger partial charge is 0.497 e. The SMILES string of the molecule is COc1ccc(-n2ccn3c(=O)n(CC4CCCOC4)nc3c2=O)cc1. The molecule has 1 aliphatic rings. The maximum atomic E-state index is 12.8. The number of fused-ring (bicyclic) bond motifs is 1. The highest BCUT2D eigenvalue weighted by Crippen LogP contribution is 2.15. The lowest BCUT2D eigenvalue weighted by Crippen LogP contribution is -2.29. The highest BCUT2D eigenvalue weighted by atomic mass is 16.5. The van der Waals surface area contributed by atoms with Crippen molar-refractivity contribution in [1.29, 1.82) is 0 Å². The minimum absolute atomic E-state index is 0.116. The fourth-order valence-electron chi connectivity index (χ4n) is 3.27. The number of ether oxygens (including phenoxy) is 2. The Hall–Kier alpha value is -2.87. The van der Waals surface area contributed by atoms with Crippen molar-refractivity contribution < 1.29 is 9.47 Å². The second kappa shape index (κ2) is 6.80. The molecule has 1 fully saturated rings. The van der Waals surface area contributed by atoms with Gasteiger partial charge < -0.3 is 9.47 Å². The van der Waals surface area contributed by atoms with E-state index in [1.807, 2.05) is 0 Å². The summed E-state index contributed by atoms with van der Waals surface area (Å²) in [5, 5.41) is 4.28. The molecule has 0 radical (unpaired) electrons. The molecule has 4 rings (SSSR count). The average molecular weight is 356 g/mol. The maximum Gasteiger partial charge on any atom is 0.350 e. The number of hydrogen-bond donors (Lipinski definition) is 0. The molecule has 26 heavy (non-hydrogen) atoms. The van der Waals surface area contributed by atoms with E-state index in [9.17, 15) is 9.59 Å². The van der Waals surface area contributed by atoms with E-state index in [2.05, 4.69) is 5.10 Å². The van der Waals surface area contributed by atoms with Crippen LogP contribution in [0.2, 0.25) is 0 Å². The highest BCUT2D eigenvalue weighted by Gasteiger charge is 2.19. The average Bonchev–Trinajstić information content (AvgIpc) is 3.00. The van der Waals surface area contributed by atoms with Crippen molar-refractivity contribution in [3.63, 3.8) is 0 Å². The third-order valence-corrected chi connectivity index (χ3v) is 4.68. The van der Waals surface area contributed by atoms with Crippen molar-refractivity contribution in [3.05, 3.63) is 57.5 Å². The monoisotopic (exact) mass is 356 g/mol. The van der Waals surface area contributed by atoms with Gasteiger partial charge in [0, 0.05) is 30.6 Å². The van der Waals surface area contributed by atoms with Crippen LogP contribution in [0.1, 0.15) is 12.8 Å². The van der Waals surface area contributed by atoms with Gasteiger partial charge in [0.15, 0.2) is 0 Å². The van der Waals surface area contributed by atoms with Gasteiger partial charge >= 0.3 is 11.2 Å². The van der Waals surface area contributed by atoms with Gasteiger partial charge in [-0.15, -0.1) is 5.10 Å². The molecule has 0 saturated carbocycles. The summed E-state index contributed by atoms with van der Waals surface area (Å²) >= 11 is 0. The lowest BCUT2D eigenvalue weighted by atomic mass is 10.0. The number of methoxy groups -OCH3 is 1. The topological polar surface area (TPSA) is 79.8 Å². The Morgan fingerprint density at radius 1 is 1.23 bits per heavy atom. The summed E-state index contributed by atoms with van der Waals surface area (Å²) in [5.74, 6) is 0.952. The Kier molecular flexibility index (Phi) is 4.34. The molecule has 8 nitrogen and oxygen atoms in total. The Morgan fingerprint density at radius 3 is 2.73 bits per heavy atom. The number of benzene rings is 1. The first-order valence-corrected chi connectivity index (χ1v) is 8.60. The summed E-state index contributed by atoms with van der Waals surface area (Å²) in [6, 6.07) is 7.12. The molecule has 3 heterocycles. The second-order valence-electron chi connectivity index (χ2n) is 6.41. The third-order valence-electron chi connectivity index (χ3n) is 4.68. The van der Waals surface area contributed by atoms with Crippen LogP contribution in [-0.4, -0.2) is 39.1 Å². The van der Waals surface area contributed by atoms with Crippen LogP contribution in [0, 0.1) is 5.92 Å². The molecule has 1 saturated heterocycles. The van der Waals surface area contributed by atoms with E-state index < -0.39 is 0 Å². The van der Waals surface area contributed by atoms with Gasteiger partial charge in [0.2, 0.25) is 5.65 Å². The summed E-state index contributed by atoms with van der Waals surface area (Å²) in [5.41, 5.74) is 0.156. The summed E-state index contributed by atoms with van der Waals surface area (Å²) in [6.45, 7) is 1.85. The Morgan fingerprint density at radius 2 is 2.04 bits per heavy atom. The Bertz CT molecular complexity index is 1030. The molecule has 1 aliphatic heterocycles. The van der Waals surface area contributed by atoms with Crippen molar-refractivity contribution in [2.45, 2.75) is 19.4 Å². The van der Waals surface area contributed by atoms with E-state index in [1.165, 1.54) is 13.6 Å². The van der Waals surface area contributed by atoms with Crippen LogP contribution in [0.5, 0.6) is 5.75 Å². The fourth-order valence-corrected chi connectivity index (χ4v) is 3.27. The first kappa shape index (κ1) is 16.6. The van der Waals surface area contributed by atoms with Gasteiger partial charge in [0.05, 0.1) is 20.3 Å². The molecular formula is C18H20N4O4. The summed E-state index contributed by atoms with van der Waals surface area (Å²) in [7, 11) is 1.59. The van der Waals surface area contributed by atoms with Gasteiger partial charge in [0.1, 0.15) is 5.75 Å². The predicted molar refractivity (Wildman–Crippen MR) is 95.1 cm³/mol. The Balaban J connectivity index is 1.72. The molecular weight excluding hydrogens is 336 g/mol. The van der Waals surface area contributed by atoms with Crippen LogP contribution >= 0.6 is 0 Å². The first-order valence-electron chi connectivity index (χ1n) is 8.60. The van der Waals surface area contributed by atoms with Crippen LogP contribution in [0.15, 0.2) is 46.2 Å². The highest BCUT2D eigenvalue weighted by molar-refractivity contribution is 5.42. The molecule has 0 aliphatic carbocycles. The van der Waals surface area contributed by atoms with E-state index in [4.69, 9.17) is 9.47 Å². The van der Waals surface area contributed by atoms with Gasteiger partial charge in [0.25, 0.3) is 0 Å². The number of rotatable bonds is 4. The molecule has 1 unspecified atom stereocenters. The zero-order chi connectivity index (χ0) is 18.1. The minimum atomic E-state index is -0.339. The van der Waals surface area contributed by atoms with Gasteiger partial charge in [-0.2, -0.15) is 0 Å². The predicted octanol–water partition coefficient (Wildman–Crippen LogP) is 1.08. The normalized spacial score (nSPS) is 17.5. The van der Waals surface area contributed by atoms with E-state index in [1.54, 1.807) is 43.8 Å². The lowest BCUT2D eigenvalue weighted by molar-refractivity contribution is 0.0466. The van der Waals surface area contributed by atoms with Gasteiger partial charge in [-0.3, -0.25) is 9.36 Å². The quantitative estimate of drug-likeness (QED) is 0.699. The fraction of sp³-hybridized carbons (Fsp3) is 0.389. The number of aromatic nitrogens is 4. The van der Waals surface area contributed by atoms with Crippen LogP contribution in [0.25, 0.3) is 11.3 Å². The van der Waals surface area contributed by atoms with Crippen LogP contribution < -0.4 is 16.0 Å². The van der Waals surface area contributed by atoms with E-state index in [-0.39, 0.29) is 22.8 Å².